The summed E-state index contributed by atoms with van der Waals surface area (Å²) in [5.41, 5.74) is 2.93. The zero-order chi connectivity index (χ0) is 9.47. The first-order chi connectivity index (χ1) is 6.14. The van der Waals surface area contributed by atoms with Gasteiger partial charge in [-0.1, -0.05) is 24.6 Å². The Morgan fingerprint density at radius 3 is 3.00 bits per heavy atom. The molecule has 0 heterocycles. The van der Waals surface area contributed by atoms with Crippen LogP contribution in [-0.2, 0) is 0 Å². The smallest absolute Gasteiger partial charge is 0.0637 e. The maximum Gasteiger partial charge on any atom is 0.0637 e. The summed E-state index contributed by atoms with van der Waals surface area (Å²) in [7, 11) is 0. The van der Waals surface area contributed by atoms with Gasteiger partial charge in [-0.3, -0.25) is 0 Å². The molecule has 2 unspecified atom stereocenters. The largest absolute Gasteiger partial charge is 0.392 e. The van der Waals surface area contributed by atoms with Gasteiger partial charge < -0.3 is 5.11 Å². The van der Waals surface area contributed by atoms with Crippen molar-refractivity contribution in [3.05, 3.63) is 23.3 Å². The van der Waals surface area contributed by atoms with Crippen molar-refractivity contribution in [1.29, 1.82) is 0 Å². The summed E-state index contributed by atoms with van der Waals surface area (Å²) in [6.45, 7) is 4.41. The van der Waals surface area contributed by atoms with Crippen molar-refractivity contribution in [2.45, 2.75) is 45.6 Å². The van der Waals surface area contributed by atoms with E-state index in [4.69, 9.17) is 0 Å². The van der Waals surface area contributed by atoms with E-state index in [1.165, 1.54) is 11.1 Å². The van der Waals surface area contributed by atoms with Crippen LogP contribution in [-0.4, -0.2) is 11.2 Å². The molecule has 0 aliphatic heterocycles. The van der Waals surface area contributed by atoms with Gasteiger partial charge in [0.1, 0.15) is 0 Å². The topological polar surface area (TPSA) is 20.2 Å². The van der Waals surface area contributed by atoms with Crippen molar-refractivity contribution in [2.75, 3.05) is 0 Å². The lowest BCUT2D eigenvalue weighted by Gasteiger charge is -2.42. The maximum absolute atomic E-state index is 10.0. The molecule has 0 saturated heterocycles. The summed E-state index contributed by atoms with van der Waals surface area (Å²) < 4.78 is 0. The molecular formula is C12H18O. The van der Waals surface area contributed by atoms with Crippen molar-refractivity contribution in [3.63, 3.8) is 0 Å². The average molecular weight is 178 g/mol. The van der Waals surface area contributed by atoms with Crippen LogP contribution in [0.15, 0.2) is 23.3 Å². The van der Waals surface area contributed by atoms with Crippen LogP contribution in [0.4, 0.5) is 0 Å². The van der Waals surface area contributed by atoms with E-state index >= 15 is 0 Å². The quantitative estimate of drug-likeness (QED) is 0.604. The van der Waals surface area contributed by atoms with E-state index in [2.05, 4.69) is 26.0 Å². The minimum Gasteiger partial charge on any atom is -0.392 e. The Balaban J connectivity index is 2.46. The maximum atomic E-state index is 10.0. The second kappa shape index (κ2) is 2.98. The van der Waals surface area contributed by atoms with Crippen LogP contribution in [0, 0.1) is 5.41 Å². The minimum atomic E-state index is -0.129. The lowest BCUT2D eigenvalue weighted by Crippen LogP contribution is -2.38. The molecule has 0 aromatic heterocycles. The Labute approximate surface area is 80.2 Å². The highest BCUT2D eigenvalue weighted by Gasteiger charge is 2.39. The summed E-state index contributed by atoms with van der Waals surface area (Å²) in [6, 6.07) is 0. The Morgan fingerprint density at radius 2 is 2.31 bits per heavy atom. The first-order valence-electron chi connectivity index (χ1n) is 5.19. The highest BCUT2D eigenvalue weighted by Crippen LogP contribution is 2.46. The third kappa shape index (κ3) is 1.26. The van der Waals surface area contributed by atoms with E-state index in [1.54, 1.807) is 0 Å². The van der Waals surface area contributed by atoms with Gasteiger partial charge in [0.25, 0.3) is 0 Å². The third-order valence-electron chi connectivity index (χ3n) is 3.72. The SMILES string of the molecule is CC1=C2C=CCCC2(C)C(O)CC1. The van der Waals surface area contributed by atoms with Crippen LogP contribution >= 0.6 is 0 Å². The fourth-order valence-electron chi connectivity index (χ4n) is 2.69. The predicted octanol–water partition coefficient (Wildman–Crippen LogP) is 2.81. The van der Waals surface area contributed by atoms with Crippen molar-refractivity contribution >= 4 is 0 Å². The molecule has 2 rings (SSSR count). The lowest BCUT2D eigenvalue weighted by atomic mass is 9.65. The third-order valence-corrected chi connectivity index (χ3v) is 3.72. The molecule has 0 amide bonds. The summed E-state index contributed by atoms with van der Waals surface area (Å²) in [6.07, 6.45) is 8.56. The number of allylic oxidation sites excluding steroid dienone is 3. The first kappa shape index (κ1) is 9.01. The van der Waals surface area contributed by atoms with E-state index in [1.807, 2.05) is 0 Å². The van der Waals surface area contributed by atoms with Crippen LogP contribution in [0.2, 0.25) is 0 Å². The molecule has 1 heteroatoms. The van der Waals surface area contributed by atoms with Crippen LogP contribution in [0.25, 0.3) is 0 Å². The summed E-state index contributed by atoms with van der Waals surface area (Å²) >= 11 is 0. The molecule has 2 atom stereocenters. The van der Waals surface area contributed by atoms with E-state index < -0.39 is 0 Å². The van der Waals surface area contributed by atoms with Crippen LogP contribution < -0.4 is 0 Å². The molecule has 0 spiro atoms. The predicted molar refractivity (Wildman–Crippen MR) is 54.4 cm³/mol. The summed E-state index contributed by atoms with van der Waals surface area (Å²) in [5.74, 6) is 0. The zero-order valence-electron chi connectivity index (χ0n) is 8.51. The van der Waals surface area contributed by atoms with Gasteiger partial charge in [0.15, 0.2) is 0 Å². The molecule has 0 fully saturated rings. The summed E-state index contributed by atoms with van der Waals surface area (Å²) in [4.78, 5) is 0. The molecule has 13 heavy (non-hydrogen) atoms. The van der Waals surface area contributed by atoms with Gasteiger partial charge in [0.05, 0.1) is 6.10 Å². The molecule has 0 aromatic carbocycles. The lowest BCUT2D eigenvalue weighted by molar-refractivity contribution is 0.0420. The fraction of sp³-hybridized carbons (Fsp3) is 0.667. The minimum absolute atomic E-state index is 0.0527. The number of fused-ring (bicyclic) bond motifs is 1. The average Bonchev–Trinajstić information content (AvgIpc) is 2.12. The molecule has 2 aliphatic carbocycles. The van der Waals surface area contributed by atoms with Gasteiger partial charge in [0.2, 0.25) is 0 Å². The highest BCUT2D eigenvalue weighted by molar-refractivity contribution is 5.36. The first-order valence-corrected chi connectivity index (χ1v) is 5.19. The Morgan fingerprint density at radius 1 is 1.54 bits per heavy atom. The monoisotopic (exact) mass is 178 g/mol. The molecule has 1 N–H and O–H groups in total. The number of rotatable bonds is 0. The van der Waals surface area contributed by atoms with Crippen molar-refractivity contribution in [3.8, 4) is 0 Å². The fourth-order valence-corrected chi connectivity index (χ4v) is 2.69. The highest BCUT2D eigenvalue weighted by atomic mass is 16.3. The van der Waals surface area contributed by atoms with Gasteiger partial charge in [-0.2, -0.15) is 0 Å². The van der Waals surface area contributed by atoms with Crippen LogP contribution in [0.1, 0.15) is 39.5 Å². The van der Waals surface area contributed by atoms with Crippen molar-refractivity contribution in [2.24, 2.45) is 5.41 Å². The van der Waals surface area contributed by atoms with Crippen LogP contribution in [0.3, 0.4) is 0 Å². The van der Waals surface area contributed by atoms with Crippen molar-refractivity contribution in [1.82, 2.24) is 0 Å². The Kier molecular flexibility index (Phi) is 2.07. The van der Waals surface area contributed by atoms with Gasteiger partial charge in [0, 0.05) is 5.41 Å². The summed E-state index contributed by atoms with van der Waals surface area (Å²) in [5, 5.41) is 10.0. The van der Waals surface area contributed by atoms with E-state index in [0.717, 1.165) is 25.7 Å². The van der Waals surface area contributed by atoms with Gasteiger partial charge in [-0.15, -0.1) is 0 Å². The number of aliphatic hydroxyl groups excluding tert-OH is 1. The molecule has 0 saturated carbocycles. The number of hydrogen-bond acceptors (Lipinski definition) is 1. The van der Waals surface area contributed by atoms with E-state index in [9.17, 15) is 5.11 Å². The standard InChI is InChI=1S/C12H18O/c1-9-6-7-11(13)12(2)8-4-3-5-10(9)12/h3,5,11,13H,4,6-8H2,1-2H3. The zero-order valence-corrected chi connectivity index (χ0v) is 8.51. The molecule has 0 radical (unpaired) electrons. The second-order valence-electron chi connectivity index (χ2n) is 4.61. The van der Waals surface area contributed by atoms with Gasteiger partial charge in [-0.25, -0.2) is 0 Å². The molecular weight excluding hydrogens is 160 g/mol. The molecule has 0 bridgehead atoms. The van der Waals surface area contributed by atoms with Crippen molar-refractivity contribution < 1.29 is 5.11 Å². The molecule has 1 nitrogen and oxygen atoms in total. The molecule has 2 aliphatic rings. The normalized spacial score (nSPS) is 39.2. The second-order valence-corrected chi connectivity index (χ2v) is 4.61. The van der Waals surface area contributed by atoms with Gasteiger partial charge in [-0.05, 0) is 38.2 Å². The van der Waals surface area contributed by atoms with E-state index in [-0.39, 0.29) is 11.5 Å². The molecule has 72 valence electrons. The number of hydrogen-bond donors (Lipinski definition) is 1. The Hall–Kier alpha value is -0.560. The van der Waals surface area contributed by atoms with Gasteiger partial charge >= 0.3 is 0 Å². The molecule has 0 aromatic rings. The Bertz CT molecular complexity index is 275. The number of aliphatic hydroxyl groups is 1. The van der Waals surface area contributed by atoms with E-state index in [0.29, 0.717) is 0 Å². The van der Waals surface area contributed by atoms with Crippen LogP contribution in [0.5, 0.6) is 0 Å².